The minimum Gasteiger partial charge on any atom is -0.342 e. The number of hydrogen-bond acceptors (Lipinski definition) is 2. The fourth-order valence-electron chi connectivity index (χ4n) is 2.38. The molecule has 0 aromatic heterocycles. The molecule has 1 aromatic rings. The van der Waals surface area contributed by atoms with E-state index in [0.717, 1.165) is 6.07 Å². The van der Waals surface area contributed by atoms with Crippen LogP contribution in [0.2, 0.25) is 5.02 Å². The fraction of sp³-hybridized carbons (Fsp3) is 0.429. The Morgan fingerprint density at radius 2 is 2.00 bits per heavy atom. The van der Waals surface area contributed by atoms with Gasteiger partial charge in [-0.2, -0.15) is 0 Å². The summed E-state index contributed by atoms with van der Waals surface area (Å²) in [5.41, 5.74) is 0.373. The van der Waals surface area contributed by atoms with Crippen molar-refractivity contribution >= 4 is 29.1 Å². The quantitative estimate of drug-likeness (QED) is 0.932. The Morgan fingerprint density at radius 1 is 1.30 bits per heavy atom. The number of anilines is 1. The summed E-state index contributed by atoms with van der Waals surface area (Å²) >= 11 is 6.02. The van der Waals surface area contributed by atoms with Gasteiger partial charge in [-0.1, -0.05) is 25.4 Å². The second kappa shape index (κ2) is 5.79. The Morgan fingerprint density at radius 3 is 2.55 bits per heavy atom. The zero-order valence-electron chi connectivity index (χ0n) is 11.3. The molecule has 0 aliphatic carbocycles. The van der Waals surface area contributed by atoms with Crippen LogP contribution >= 0.6 is 11.6 Å². The average Bonchev–Trinajstić information content (AvgIpc) is 2.41. The Bertz CT molecular complexity index is 550. The third kappa shape index (κ3) is 2.50. The van der Waals surface area contributed by atoms with E-state index < -0.39 is 17.9 Å². The zero-order chi connectivity index (χ0) is 14.9. The van der Waals surface area contributed by atoms with Crippen molar-refractivity contribution in [1.29, 1.82) is 0 Å². The SMILES string of the molecule is CCC1NC(=O)C(CC)N(c2ccc(F)cc2Cl)C1=O. The lowest BCUT2D eigenvalue weighted by atomic mass is 10.0. The maximum atomic E-state index is 13.1. The highest BCUT2D eigenvalue weighted by Gasteiger charge is 2.40. The second-order valence-corrected chi connectivity index (χ2v) is 5.10. The standard InChI is InChI=1S/C14H16ClFN2O2/c1-3-10-14(20)18(11(4-2)13(19)17-10)12-6-5-8(16)7-9(12)15/h5-7,10-11H,3-4H2,1-2H3,(H,17,19). The van der Waals surface area contributed by atoms with Crippen LogP contribution in [-0.2, 0) is 9.59 Å². The minimum absolute atomic E-state index is 0.126. The Labute approximate surface area is 121 Å². The molecule has 1 aliphatic rings. The second-order valence-electron chi connectivity index (χ2n) is 4.70. The number of benzene rings is 1. The summed E-state index contributed by atoms with van der Waals surface area (Å²) in [6.45, 7) is 3.63. The summed E-state index contributed by atoms with van der Waals surface area (Å²) in [4.78, 5) is 25.9. The summed E-state index contributed by atoms with van der Waals surface area (Å²) in [5, 5.41) is 2.83. The molecule has 1 saturated heterocycles. The normalized spacial score (nSPS) is 22.9. The third-order valence-corrected chi connectivity index (χ3v) is 3.73. The van der Waals surface area contributed by atoms with Crippen molar-refractivity contribution in [3.8, 4) is 0 Å². The summed E-state index contributed by atoms with van der Waals surface area (Å²) < 4.78 is 13.1. The van der Waals surface area contributed by atoms with E-state index in [4.69, 9.17) is 11.6 Å². The van der Waals surface area contributed by atoms with Crippen molar-refractivity contribution in [3.05, 3.63) is 29.0 Å². The first-order valence-corrected chi connectivity index (χ1v) is 6.95. The highest BCUT2D eigenvalue weighted by molar-refractivity contribution is 6.34. The molecular formula is C14H16ClFN2O2. The van der Waals surface area contributed by atoms with E-state index in [1.54, 1.807) is 0 Å². The van der Waals surface area contributed by atoms with Crippen LogP contribution in [0.1, 0.15) is 26.7 Å². The van der Waals surface area contributed by atoms with Crippen LogP contribution < -0.4 is 10.2 Å². The Balaban J connectivity index is 2.47. The summed E-state index contributed by atoms with van der Waals surface area (Å²) in [7, 11) is 0. The highest BCUT2D eigenvalue weighted by Crippen LogP contribution is 2.31. The van der Waals surface area contributed by atoms with Crippen molar-refractivity contribution < 1.29 is 14.0 Å². The topological polar surface area (TPSA) is 49.4 Å². The predicted molar refractivity (Wildman–Crippen MR) is 75.2 cm³/mol. The van der Waals surface area contributed by atoms with Crippen LogP contribution in [-0.4, -0.2) is 23.9 Å². The Kier molecular flexibility index (Phi) is 4.28. The number of carbonyl (C=O) groups excluding carboxylic acids is 2. The molecule has 0 bridgehead atoms. The smallest absolute Gasteiger partial charge is 0.250 e. The maximum Gasteiger partial charge on any atom is 0.250 e. The van der Waals surface area contributed by atoms with Gasteiger partial charge in [0, 0.05) is 0 Å². The molecule has 0 radical (unpaired) electrons. The third-order valence-electron chi connectivity index (χ3n) is 3.43. The van der Waals surface area contributed by atoms with Gasteiger partial charge in [0.1, 0.15) is 17.9 Å². The molecule has 1 N–H and O–H groups in total. The molecule has 20 heavy (non-hydrogen) atoms. The zero-order valence-corrected chi connectivity index (χ0v) is 12.1. The number of carbonyl (C=O) groups is 2. The number of piperazine rings is 1. The van der Waals surface area contributed by atoms with Crippen molar-refractivity contribution in [2.75, 3.05) is 4.90 Å². The lowest BCUT2D eigenvalue weighted by Gasteiger charge is -2.38. The molecular weight excluding hydrogens is 283 g/mol. The van der Waals surface area contributed by atoms with Crippen molar-refractivity contribution in [2.24, 2.45) is 0 Å². The maximum absolute atomic E-state index is 13.1. The lowest BCUT2D eigenvalue weighted by Crippen LogP contribution is -2.63. The molecule has 0 spiro atoms. The van der Waals surface area contributed by atoms with Gasteiger partial charge >= 0.3 is 0 Å². The van der Waals surface area contributed by atoms with Gasteiger partial charge < -0.3 is 5.32 Å². The molecule has 2 atom stereocenters. The van der Waals surface area contributed by atoms with E-state index in [-0.39, 0.29) is 16.8 Å². The van der Waals surface area contributed by atoms with Crippen molar-refractivity contribution in [2.45, 2.75) is 38.8 Å². The summed E-state index contributed by atoms with van der Waals surface area (Å²) in [6.07, 6.45) is 0.956. The summed E-state index contributed by atoms with van der Waals surface area (Å²) in [6, 6.07) is 2.63. The van der Waals surface area contributed by atoms with Crippen LogP contribution in [0.25, 0.3) is 0 Å². The summed E-state index contributed by atoms with van der Waals surface area (Å²) in [5.74, 6) is -0.903. The number of hydrogen-bond donors (Lipinski definition) is 1. The van der Waals surface area contributed by atoms with Gasteiger partial charge in [0.15, 0.2) is 0 Å². The largest absolute Gasteiger partial charge is 0.342 e. The number of halogens is 2. The van der Waals surface area contributed by atoms with Gasteiger partial charge in [0.05, 0.1) is 10.7 Å². The molecule has 6 heteroatoms. The molecule has 4 nitrogen and oxygen atoms in total. The van der Waals surface area contributed by atoms with Crippen LogP contribution in [0.5, 0.6) is 0 Å². The molecule has 1 aromatic carbocycles. The van der Waals surface area contributed by atoms with E-state index >= 15 is 0 Å². The van der Waals surface area contributed by atoms with Crippen molar-refractivity contribution in [1.82, 2.24) is 5.32 Å². The number of rotatable bonds is 3. The predicted octanol–water partition coefficient (Wildman–Crippen LogP) is 2.50. The van der Waals surface area contributed by atoms with Gasteiger partial charge in [-0.25, -0.2) is 4.39 Å². The minimum atomic E-state index is -0.617. The molecule has 108 valence electrons. The van der Waals surface area contributed by atoms with E-state index in [1.165, 1.54) is 17.0 Å². The van der Waals surface area contributed by atoms with E-state index in [0.29, 0.717) is 18.5 Å². The van der Waals surface area contributed by atoms with E-state index in [9.17, 15) is 14.0 Å². The van der Waals surface area contributed by atoms with Crippen molar-refractivity contribution in [3.63, 3.8) is 0 Å². The first kappa shape index (κ1) is 14.8. The molecule has 1 aliphatic heterocycles. The van der Waals surface area contributed by atoms with Crippen LogP contribution in [0.3, 0.4) is 0 Å². The first-order chi connectivity index (χ1) is 9.49. The monoisotopic (exact) mass is 298 g/mol. The highest BCUT2D eigenvalue weighted by atomic mass is 35.5. The lowest BCUT2D eigenvalue weighted by molar-refractivity contribution is -0.134. The van der Waals surface area contributed by atoms with Gasteiger partial charge in [0.2, 0.25) is 11.8 Å². The molecule has 1 fully saturated rings. The van der Waals surface area contributed by atoms with Gasteiger partial charge in [0.25, 0.3) is 0 Å². The molecule has 2 unspecified atom stereocenters. The van der Waals surface area contributed by atoms with Crippen LogP contribution in [0.4, 0.5) is 10.1 Å². The van der Waals surface area contributed by atoms with Gasteiger partial charge in [-0.15, -0.1) is 0 Å². The van der Waals surface area contributed by atoms with Crippen LogP contribution in [0, 0.1) is 5.82 Å². The van der Waals surface area contributed by atoms with E-state index in [2.05, 4.69) is 5.32 Å². The molecule has 0 saturated carbocycles. The number of nitrogens with zero attached hydrogens (tertiary/aromatic N) is 1. The van der Waals surface area contributed by atoms with Gasteiger partial charge in [-0.3, -0.25) is 14.5 Å². The first-order valence-electron chi connectivity index (χ1n) is 6.58. The molecule has 2 amide bonds. The average molecular weight is 299 g/mol. The Hall–Kier alpha value is -1.62. The number of amides is 2. The molecule has 2 rings (SSSR count). The molecule has 1 heterocycles. The van der Waals surface area contributed by atoms with E-state index in [1.807, 2.05) is 13.8 Å². The van der Waals surface area contributed by atoms with Crippen LogP contribution in [0.15, 0.2) is 18.2 Å². The van der Waals surface area contributed by atoms with Gasteiger partial charge in [-0.05, 0) is 31.0 Å². The number of nitrogens with one attached hydrogen (secondary N) is 1. The fourth-order valence-corrected chi connectivity index (χ4v) is 2.63.